The molecular formula is C19H24FN3O3S. The van der Waals surface area contributed by atoms with E-state index in [4.69, 9.17) is 9.15 Å². The van der Waals surface area contributed by atoms with Crippen molar-refractivity contribution in [2.24, 2.45) is 5.92 Å². The number of rotatable bonds is 8. The number of amides is 1. The number of halogens is 1. The number of carbonyl (C=O) groups excluding carboxylic acids is 1. The Labute approximate surface area is 162 Å². The molecule has 0 radical (unpaired) electrons. The van der Waals surface area contributed by atoms with Crippen LogP contribution in [0.4, 0.5) is 4.39 Å². The van der Waals surface area contributed by atoms with Gasteiger partial charge in [0.15, 0.2) is 17.7 Å². The Balaban J connectivity index is 1.43. The molecule has 1 heterocycles. The van der Waals surface area contributed by atoms with Crippen LogP contribution in [0.2, 0.25) is 0 Å². The first-order valence-corrected chi connectivity index (χ1v) is 10.2. The van der Waals surface area contributed by atoms with E-state index in [0.29, 0.717) is 11.1 Å². The Bertz CT molecular complexity index is 749. The lowest BCUT2D eigenvalue weighted by Gasteiger charge is -2.21. The first kappa shape index (κ1) is 19.7. The van der Waals surface area contributed by atoms with Gasteiger partial charge in [-0.2, -0.15) is 0 Å². The molecule has 1 unspecified atom stereocenters. The summed E-state index contributed by atoms with van der Waals surface area (Å²) in [6, 6.07) is 6.14. The van der Waals surface area contributed by atoms with Crippen LogP contribution in [-0.2, 0) is 4.79 Å². The number of para-hydroxylation sites is 1. The Kier molecular flexibility index (Phi) is 7.09. The molecule has 146 valence electrons. The van der Waals surface area contributed by atoms with Crippen molar-refractivity contribution < 1.29 is 18.3 Å². The molecule has 1 aromatic heterocycles. The van der Waals surface area contributed by atoms with E-state index in [1.165, 1.54) is 56.0 Å². The first-order chi connectivity index (χ1) is 13.1. The second kappa shape index (κ2) is 9.73. The predicted octanol–water partition coefficient (Wildman–Crippen LogP) is 4.14. The van der Waals surface area contributed by atoms with Crippen molar-refractivity contribution in [1.82, 2.24) is 15.5 Å². The molecule has 0 bridgehead atoms. The van der Waals surface area contributed by atoms with Gasteiger partial charge < -0.3 is 14.5 Å². The highest BCUT2D eigenvalue weighted by atomic mass is 32.2. The van der Waals surface area contributed by atoms with Crippen molar-refractivity contribution >= 4 is 17.7 Å². The van der Waals surface area contributed by atoms with Gasteiger partial charge in [0, 0.05) is 6.54 Å². The summed E-state index contributed by atoms with van der Waals surface area (Å²) in [6.07, 6.45) is 5.61. The zero-order chi connectivity index (χ0) is 19.1. The highest BCUT2D eigenvalue weighted by Gasteiger charge is 2.19. The lowest BCUT2D eigenvalue weighted by molar-refractivity contribution is -0.118. The molecular weight excluding hydrogens is 369 g/mol. The van der Waals surface area contributed by atoms with E-state index in [9.17, 15) is 9.18 Å². The summed E-state index contributed by atoms with van der Waals surface area (Å²) in [5.41, 5.74) is 0. The molecule has 1 saturated carbocycles. The normalized spacial score (nSPS) is 16.1. The topological polar surface area (TPSA) is 77.2 Å². The standard InChI is InChI=1S/C19H24FN3O3S/c1-13(25-16-10-6-5-9-15(16)20)18-22-23-19(26-18)27-12-17(24)21-11-14-7-3-2-4-8-14/h5-6,9-10,13-14H,2-4,7-8,11-12H2,1H3,(H,21,24). The van der Waals surface area contributed by atoms with Crippen molar-refractivity contribution in [2.45, 2.75) is 50.4 Å². The summed E-state index contributed by atoms with van der Waals surface area (Å²) in [7, 11) is 0. The second-order valence-electron chi connectivity index (χ2n) is 6.69. The van der Waals surface area contributed by atoms with Gasteiger partial charge in [-0.15, -0.1) is 10.2 Å². The average Bonchev–Trinajstić information content (AvgIpc) is 3.16. The van der Waals surface area contributed by atoms with E-state index >= 15 is 0 Å². The quantitative estimate of drug-likeness (QED) is 0.679. The number of benzene rings is 1. The van der Waals surface area contributed by atoms with Crippen LogP contribution in [0.1, 0.15) is 51.0 Å². The largest absolute Gasteiger partial charge is 0.478 e. The molecule has 2 aromatic rings. The Morgan fingerprint density at radius 3 is 2.89 bits per heavy atom. The van der Waals surface area contributed by atoms with Gasteiger partial charge in [-0.3, -0.25) is 4.79 Å². The number of thioether (sulfide) groups is 1. The van der Waals surface area contributed by atoms with Crippen molar-refractivity contribution in [3.8, 4) is 5.75 Å². The lowest BCUT2D eigenvalue weighted by Crippen LogP contribution is -2.31. The lowest BCUT2D eigenvalue weighted by atomic mass is 9.89. The molecule has 1 fully saturated rings. The van der Waals surface area contributed by atoms with E-state index in [1.54, 1.807) is 19.1 Å². The summed E-state index contributed by atoms with van der Waals surface area (Å²) in [6.45, 7) is 2.44. The van der Waals surface area contributed by atoms with Gasteiger partial charge in [-0.1, -0.05) is 43.2 Å². The zero-order valence-corrected chi connectivity index (χ0v) is 16.1. The number of hydrogen-bond acceptors (Lipinski definition) is 6. The van der Waals surface area contributed by atoms with Gasteiger partial charge in [0.05, 0.1) is 5.75 Å². The van der Waals surface area contributed by atoms with Crippen LogP contribution in [0.5, 0.6) is 5.75 Å². The smallest absolute Gasteiger partial charge is 0.277 e. The highest BCUT2D eigenvalue weighted by molar-refractivity contribution is 7.99. The Morgan fingerprint density at radius 2 is 2.11 bits per heavy atom. The van der Waals surface area contributed by atoms with Crippen LogP contribution in [0, 0.1) is 11.7 Å². The third kappa shape index (κ3) is 5.95. The fraction of sp³-hybridized carbons (Fsp3) is 0.526. The van der Waals surface area contributed by atoms with Crippen LogP contribution in [-0.4, -0.2) is 28.4 Å². The molecule has 1 atom stereocenters. The number of ether oxygens (including phenoxy) is 1. The van der Waals surface area contributed by atoms with Crippen molar-refractivity contribution in [3.63, 3.8) is 0 Å². The molecule has 1 aliphatic carbocycles. The van der Waals surface area contributed by atoms with E-state index < -0.39 is 11.9 Å². The molecule has 1 aliphatic rings. The fourth-order valence-corrected chi connectivity index (χ4v) is 3.65. The highest BCUT2D eigenvalue weighted by Crippen LogP contribution is 2.26. The molecule has 3 rings (SSSR count). The Morgan fingerprint density at radius 1 is 1.33 bits per heavy atom. The summed E-state index contributed by atoms with van der Waals surface area (Å²) < 4.78 is 24.7. The van der Waals surface area contributed by atoms with Gasteiger partial charge in [0.1, 0.15) is 0 Å². The minimum atomic E-state index is -0.594. The van der Waals surface area contributed by atoms with Gasteiger partial charge in [-0.05, 0) is 37.8 Å². The SMILES string of the molecule is CC(Oc1ccccc1F)c1nnc(SCC(=O)NCC2CCCCC2)o1. The number of nitrogens with one attached hydrogen (secondary N) is 1. The molecule has 1 amide bonds. The van der Waals surface area contributed by atoms with Crippen molar-refractivity contribution in [1.29, 1.82) is 0 Å². The average molecular weight is 393 g/mol. The second-order valence-corrected chi connectivity index (χ2v) is 7.62. The minimum Gasteiger partial charge on any atom is -0.478 e. The van der Waals surface area contributed by atoms with Gasteiger partial charge in [0.25, 0.3) is 11.1 Å². The molecule has 0 aliphatic heterocycles. The molecule has 0 saturated heterocycles. The van der Waals surface area contributed by atoms with Crippen molar-refractivity contribution in [2.75, 3.05) is 12.3 Å². The third-order valence-corrected chi connectivity index (χ3v) is 5.37. The van der Waals surface area contributed by atoms with Gasteiger partial charge in [0.2, 0.25) is 5.91 Å². The minimum absolute atomic E-state index is 0.0408. The monoisotopic (exact) mass is 393 g/mol. The zero-order valence-electron chi connectivity index (χ0n) is 15.3. The van der Waals surface area contributed by atoms with Crippen LogP contribution in [0.3, 0.4) is 0 Å². The molecule has 0 spiro atoms. The van der Waals surface area contributed by atoms with E-state index in [1.807, 2.05) is 0 Å². The summed E-state index contributed by atoms with van der Waals surface area (Å²) in [5.74, 6) is 0.688. The fourth-order valence-electron chi connectivity index (χ4n) is 3.05. The number of carbonyl (C=O) groups is 1. The molecule has 1 N–H and O–H groups in total. The number of nitrogens with zero attached hydrogens (tertiary/aromatic N) is 2. The van der Waals surface area contributed by atoms with Crippen LogP contribution in [0.25, 0.3) is 0 Å². The number of aromatic nitrogens is 2. The first-order valence-electron chi connectivity index (χ1n) is 9.26. The molecule has 6 nitrogen and oxygen atoms in total. The summed E-state index contributed by atoms with van der Waals surface area (Å²) in [4.78, 5) is 12.0. The molecule has 8 heteroatoms. The van der Waals surface area contributed by atoms with Crippen LogP contribution >= 0.6 is 11.8 Å². The molecule has 1 aromatic carbocycles. The van der Waals surface area contributed by atoms with Crippen LogP contribution < -0.4 is 10.1 Å². The molecule has 27 heavy (non-hydrogen) atoms. The summed E-state index contributed by atoms with van der Waals surface area (Å²) >= 11 is 1.18. The Hall–Kier alpha value is -2.09. The van der Waals surface area contributed by atoms with Crippen LogP contribution in [0.15, 0.2) is 33.9 Å². The van der Waals surface area contributed by atoms with E-state index in [2.05, 4.69) is 15.5 Å². The van der Waals surface area contributed by atoms with Gasteiger partial charge in [-0.25, -0.2) is 4.39 Å². The summed E-state index contributed by atoms with van der Waals surface area (Å²) in [5, 5.41) is 11.1. The van der Waals surface area contributed by atoms with E-state index in [-0.39, 0.29) is 23.3 Å². The maximum atomic E-state index is 13.6. The van der Waals surface area contributed by atoms with E-state index in [0.717, 1.165) is 6.54 Å². The predicted molar refractivity (Wildman–Crippen MR) is 100 cm³/mol. The van der Waals surface area contributed by atoms with Crippen molar-refractivity contribution in [3.05, 3.63) is 36.0 Å². The van der Waals surface area contributed by atoms with Gasteiger partial charge >= 0.3 is 0 Å². The maximum absolute atomic E-state index is 13.6. The number of hydrogen-bond donors (Lipinski definition) is 1. The maximum Gasteiger partial charge on any atom is 0.277 e. The third-order valence-electron chi connectivity index (χ3n) is 4.55.